The second-order valence-corrected chi connectivity index (χ2v) is 8.19. The van der Waals surface area contributed by atoms with Crippen molar-refractivity contribution < 1.29 is 22.4 Å². The van der Waals surface area contributed by atoms with Gasteiger partial charge in [-0.2, -0.15) is 0 Å². The first kappa shape index (κ1) is 18.9. The second-order valence-electron chi connectivity index (χ2n) is 6.25. The summed E-state index contributed by atoms with van der Waals surface area (Å²) in [5, 5.41) is 8.04. The molecule has 3 aromatic rings. The van der Waals surface area contributed by atoms with Crippen LogP contribution in [-0.2, 0) is 19.6 Å². The zero-order valence-electron chi connectivity index (χ0n) is 15.7. The number of ether oxygens (including phenoxy) is 1. The van der Waals surface area contributed by atoms with Gasteiger partial charge in [-0.05, 0) is 24.3 Å². The van der Waals surface area contributed by atoms with Crippen LogP contribution in [0, 0.1) is 0 Å². The van der Waals surface area contributed by atoms with Gasteiger partial charge in [0.1, 0.15) is 0 Å². The normalized spacial score (nSPS) is 15.2. The number of fused-ring (bicyclic) bond motifs is 1. The predicted molar refractivity (Wildman–Crippen MR) is 104 cm³/mol. The van der Waals surface area contributed by atoms with Gasteiger partial charge in [0.05, 0.1) is 4.90 Å². The average Bonchev–Trinajstić information content (AvgIpc) is 3.22. The lowest BCUT2D eigenvalue weighted by Crippen LogP contribution is -2.31. The van der Waals surface area contributed by atoms with E-state index >= 15 is 0 Å². The second kappa shape index (κ2) is 7.17. The number of esters is 1. The summed E-state index contributed by atoms with van der Waals surface area (Å²) in [6.07, 6.45) is 0.120. The highest BCUT2D eigenvalue weighted by Crippen LogP contribution is 2.41. The Labute approximate surface area is 167 Å². The molecule has 0 N–H and O–H groups in total. The molecule has 2 aromatic carbocycles. The summed E-state index contributed by atoms with van der Waals surface area (Å²) in [5.74, 6) is -0.293. The highest BCUT2D eigenvalue weighted by atomic mass is 32.2. The summed E-state index contributed by atoms with van der Waals surface area (Å²) in [6.45, 7) is 1.65. The van der Waals surface area contributed by atoms with Gasteiger partial charge < -0.3 is 9.15 Å². The molecule has 0 fully saturated rings. The first-order chi connectivity index (χ1) is 13.9. The van der Waals surface area contributed by atoms with Gasteiger partial charge in [0.15, 0.2) is 11.5 Å². The van der Waals surface area contributed by atoms with Gasteiger partial charge in [0.25, 0.3) is 15.9 Å². The van der Waals surface area contributed by atoms with E-state index in [2.05, 4.69) is 10.2 Å². The largest absolute Gasteiger partial charge is 0.423 e. The van der Waals surface area contributed by atoms with Crippen LogP contribution in [0.1, 0.15) is 24.8 Å². The van der Waals surface area contributed by atoms with E-state index in [1.807, 2.05) is 18.2 Å². The maximum Gasteiger partial charge on any atom is 0.310 e. The molecule has 0 radical (unpaired) electrons. The summed E-state index contributed by atoms with van der Waals surface area (Å²) >= 11 is 0. The maximum absolute atomic E-state index is 13.0. The van der Waals surface area contributed by atoms with Crippen molar-refractivity contribution in [2.24, 2.45) is 0 Å². The molecule has 9 heteroatoms. The van der Waals surface area contributed by atoms with Crippen LogP contribution in [0.5, 0.6) is 0 Å². The Morgan fingerprint density at radius 3 is 2.41 bits per heavy atom. The van der Waals surface area contributed by atoms with Crippen LogP contribution in [0.15, 0.2) is 63.9 Å². The van der Waals surface area contributed by atoms with Crippen molar-refractivity contribution in [3.63, 3.8) is 0 Å². The summed E-state index contributed by atoms with van der Waals surface area (Å²) in [6, 6.07) is 15.4. The Morgan fingerprint density at radius 1 is 1.03 bits per heavy atom. The minimum Gasteiger partial charge on any atom is -0.423 e. The fraction of sp³-hybridized carbons (Fsp3) is 0.150. The molecule has 2 heterocycles. The van der Waals surface area contributed by atoms with Crippen molar-refractivity contribution in [1.29, 1.82) is 0 Å². The fourth-order valence-corrected chi connectivity index (χ4v) is 4.34. The molecule has 1 aliphatic heterocycles. The molecule has 0 spiro atoms. The molecule has 148 valence electrons. The van der Waals surface area contributed by atoms with Crippen molar-refractivity contribution in [3.8, 4) is 11.5 Å². The quantitative estimate of drug-likeness (QED) is 0.608. The number of rotatable bonds is 4. The van der Waals surface area contributed by atoms with Crippen molar-refractivity contribution in [3.05, 3.63) is 66.1 Å². The van der Waals surface area contributed by atoms with Crippen molar-refractivity contribution in [1.82, 2.24) is 14.5 Å². The Morgan fingerprint density at radius 2 is 1.69 bits per heavy atom. The molecule has 0 saturated heterocycles. The van der Waals surface area contributed by atoms with Crippen LogP contribution in [0.2, 0.25) is 0 Å². The molecule has 0 aliphatic carbocycles. The number of hydrogen-bond donors (Lipinski definition) is 0. The molecule has 29 heavy (non-hydrogen) atoms. The zero-order valence-corrected chi connectivity index (χ0v) is 16.5. The van der Waals surface area contributed by atoms with Crippen LogP contribution in [0.3, 0.4) is 0 Å². The number of nitrogens with zero attached hydrogens (tertiary/aromatic N) is 3. The van der Waals surface area contributed by atoms with Gasteiger partial charge in [-0.15, -0.1) is 10.2 Å². The standard InChI is InChI=1S/C20H17N3O5S/c1-3-16(24)27-18-14-11-7-8-12-15(14)29(25,26)23(2)17(18)20-22-21-19(28-20)13-9-5-4-6-10-13/h4-12H,3H2,1-2H3. The fourth-order valence-electron chi connectivity index (χ4n) is 2.95. The maximum atomic E-state index is 13.0. The van der Waals surface area contributed by atoms with E-state index in [9.17, 15) is 13.2 Å². The van der Waals surface area contributed by atoms with Gasteiger partial charge in [-0.25, -0.2) is 8.42 Å². The number of benzene rings is 2. The lowest BCUT2D eigenvalue weighted by Gasteiger charge is -2.29. The van der Waals surface area contributed by atoms with E-state index in [-0.39, 0.29) is 40.1 Å². The number of carbonyl (C=O) groups excluding carboxylic acids is 1. The molecule has 1 aliphatic rings. The topological polar surface area (TPSA) is 103 Å². The van der Waals surface area contributed by atoms with Gasteiger partial charge >= 0.3 is 5.97 Å². The van der Waals surface area contributed by atoms with Gasteiger partial charge in [0.2, 0.25) is 5.89 Å². The minimum atomic E-state index is -3.89. The third kappa shape index (κ3) is 3.19. The smallest absolute Gasteiger partial charge is 0.310 e. The monoisotopic (exact) mass is 411 g/mol. The third-order valence-electron chi connectivity index (χ3n) is 4.45. The van der Waals surface area contributed by atoms with Gasteiger partial charge in [-0.3, -0.25) is 9.10 Å². The molecule has 8 nitrogen and oxygen atoms in total. The SMILES string of the molecule is CCC(=O)OC1=C(c2nnc(-c3ccccc3)o2)N(C)S(=O)(=O)c2ccccc21. The number of carbonyl (C=O) groups is 1. The molecule has 4 rings (SSSR count). The summed E-state index contributed by atoms with van der Waals surface area (Å²) in [7, 11) is -2.54. The lowest BCUT2D eigenvalue weighted by atomic mass is 10.1. The first-order valence-electron chi connectivity index (χ1n) is 8.86. The Hall–Kier alpha value is -3.46. The summed E-state index contributed by atoms with van der Waals surface area (Å²) in [4.78, 5) is 12.1. The van der Waals surface area contributed by atoms with Gasteiger partial charge in [0, 0.05) is 24.6 Å². The van der Waals surface area contributed by atoms with E-state index in [0.717, 1.165) is 4.31 Å². The van der Waals surface area contributed by atoms with Crippen LogP contribution >= 0.6 is 0 Å². The van der Waals surface area contributed by atoms with E-state index < -0.39 is 16.0 Å². The minimum absolute atomic E-state index is 0.0141. The zero-order chi connectivity index (χ0) is 20.6. The Bertz CT molecular complexity index is 1220. The van der Waals surface area contributed by atoms with Crippen LogP contribution < -0.4 is 0 Å². The Kier molecular flexibility index (Phi) is 4.67. The van der Waals surface area contributed by atoms with Gasteiger partial charge in [-0.1, -0.05) is 37.3 Å². The average molecular weight is 411 g/mol. The molecule has 1 aromatic heterocycles. The first-order valence-corrected chi connectivity index (χ1v) is 10.3. The molecular formula is C20H17N3O5S. The molecular weight excluding hydrogens is 394 g/mol. The highest BCUT2D eigenvalue weighted by Gasteiger charge is 2.39. The van der Waals surface area contributed by atoms with Crippen LogP contribution in [0.4, 0.5) is 0 Å². The summed E-state index contributed by atoms with van der Waals surface area (Å²) < 4.78 is 38.3. The highest BCUT2D eigenvalue weighted by molar-refractivity contribution is 7.89. The summed E-state index contributed by atoms with van der Waals surface area (Å²) in [5.41, 5.74) is 0.961. The molecule has 0 atom stereocenters. The molecule has 0 saturated carbocycles. The number of sulfonamides is 1. The molecule has 0 unspecified atom stereocenters. The van der Waals surface area contributed by atoms with E-state index in [4.69, 9.17) is 9.15 Å². The van der Waals surface area contributed by atoms with Crippen molar-refractivity contribution >= 4 is 27.4 Å². The van der Waals surface area contributed by atoms with E-state index in [0.29, 0.717) is 5.56 Å². The predicted octanol–water partition coefficient (Wildman–Crippen LogP) is 3.15. The van der Waals surface area contributed by atoms with Crippen molar-refractivity contribution in [2.75, 3.05) is 7.05 Å². The number of aromatic nitrogens is 2. The van der Waals surface area contributed by atoms with Crippen molar-refractivity contribution in [2.45, 2.75) is 18.2 Å². The lowest BCUT2D eigenvalue weighted by molar-refractivity contribution is -0.136. The molecule has 0 bridgehead atoms. The number of hydrogen-bond acceptors (Lipinski definition) is 7. The van der Waals surface area contributed by atoms with Crippen LogP contribution in [0.25, 0.3) is 22.9 Å². The third-order valence-corrected chi connectivity index (χ3v) is 6.27. The van der Waals surface area contributed by atoms with E-state index in [1.54, 1.807) is 37.3 Å². The Balaban J connectivity index is 1.94. The molecule has 0 amide bonds. The van der Waals surface area contributed by atoms with Crippen LogP contribution in [-0.4, -0.2) is 35.9 Å². The van der Waals surface area contributed by atoms with E-state index in [1.165, 1.54) is 13.1 Å².